The van der Waals surface area contributed by atoms with Crippen molar-refractivity contribution in [2.24, 2.45) is 5.92 Å². The highest BCUT2D eigenvalue weighted by molar-refractivity contribution is 5.84. The molecule has 1 aromatic carbocycles. The van der Waals surface area contributed by atoms with E-state index in [1.807, 2.05) is 19.9 Å². The molecule has 1 heterocycles. The van der Waals surface area contributed by atoms with E-state index in [4.69, 9.17) is 4.42 Å². The topological polar surface area (TPSA) is 53.8 Å². The molecule has 5 nitrogen and oxygen atoms in total. The predicted octanol–water partition coefficient (Wildman–Crippen LogP) is 5.01. The first kappa shape index (κ1) is 23.6. The molecule has 0 radical (unpaired) electrons. The third-order valence-corrected chi connectivity index (χ3v) is 4.82. The van der Waals surface area contributed by atoms with Crippen molar-refractivity contribution in [3.63, 3.8) is 0 Å². The van der Waals surface area contributed by atoms with E-state index >= 15 is 0 Å². The lowest BCUT2D eigenvalue weighted by atomic mass is 10.1. The molecule has 0 aliphatic rings. The molecule has 0 N–H and O–H groups in total. The number of hydrogen-bond acceptors (Lipinski definition) is 3. The first-order chi connectivity index (χ1) is 14.4. The monoisotopic (exact) mass is 416 g/mol. The van der Waals surface area contributed by atoms with Gasteiger partial charge in [0.2, 0.25) is 11.8 Å². The number of hydrogen-bond donors (Lipinski definition) is 0. The molecule has 2 amide bonds. The van der Waals surface area contributed by atoms with E-state index < -0.39 is 0 Å². The minimum absolute atomic E-state index is 0.0187. The summed E-state index contributed by atoms with van der Waals surface area (Å²) in [5, 5.41) is 0. The maximum absolute atomic E-state index is 13.3. The van der Waals surface area contributed by atoms with Gasteiger partial charge in [-0.1, -0.05) is 45.7 Å². The highest BCUT2D eigenvalue weighted by atomic mass is 19.1. The fourth-order valence-electron chi connectivity index (χ4n) is 3.28. The average Bonchev–Trinajstić information content (AvgIpc) is 3.21. The van der Waals surface area contributed by atoms with Crippen LogP contribution < -0.4 is 0 Å². The molecular formula is C24H33FN2O3. The number of furan rings is 1. The molecular weight excluding hydrogens is 383 g/mol. The van der Waals surface area contributed by atoms with E-state index in [1.165, 1.54) is 12.1 Å². The van der Waals surface area contributed by atoms with Crippen molar-refractivity contribution >= 4 is 11.8 Å². The van der Waals surface area contributed by atoms with Crippen LogP contribution in [0.15, 0.2) is 47.1 Å². The van der Waals surface area contributed by atoms with Gasteiger partial charge in [-0.05, 0) is 42.2 Å². The Morgan fingerprint density at radius 3 is 2.33 bits per heavy atom. The van der Waals surface area contributed by atoms with Crippen LogP contribution in [0.25, 0.3) is 0 Å². The van der Waals surface area contributed by atoms with Crippen LogP contribution in [0.5, 0.6) is 0 Å². The molecule has 164 valence electrons. The summed E-state index contributed by atoms with van der Waals surface area (Å²) in [4.78, 5) is 29.2. The molecule has 0 bridgehead atoms. The third kappa shape index (κ3) is 8.01. The Hall–Kier alpha value is -2.63. The van der Waals surface area contributed by atoms with Crippen LogP contribution in [-0.2, 0) is 22.7 Å². The number of rotatable bonds is 12. The van der Waals surface area contributed by atoms with E-state index in [0.717, 1.165) is 24.8 Å². The van der Waals surface area contributed by atoms with Crippen molar-refractivity contribution in [3.05, 3.63) is 59.8 Å². The van der Waals surface area contributed by atoms with Crippen LogP contribution in [0.2, 0.25) is 0 Å². The number of halogens is 1. The van der Waals surface area contributed by atoms with Gasteiger partial charge in [0.05, 0.1) is 19.4 Å². The van der Waals surface area contributed by atoms with Crippen molar-refractivity contribution < 1.29 is 18.4 Å². The van der Waals surface area contributed by atoms with Crippen molar-refractivity contribution in [2.45, 2.75) is 59.5 Å². The largest absolute Gasteiger partial charge is 0.467 e. The molecule has 2 rings (SSSR count). The summed E-state index contributed by atoms with van der Waals surface area (Å²) in [5.74, 6) is 0.479. The van der Waals surface area contributed by atoms with E-state index in [-0.39, 0.29) is 30.1 Å². The molecule has 0 atom stereocenters. The molecule has 0 saturated heterocycles. The number of carbonyl (C=O) groups is 2. The standard InChI is InChI=1S/C24H33FN2O3/c1-4-5-6-9-23(28)26(15-19(2)3)18-24(29)27(17-22-8-7-14-30-22)16-20-10-12-21(25)13-11-20/h7-8,10-14,19H,4-6,9,15-18H2,1-3H3. The molecule has 6 heteroatoms. The Kier molecular flexibility index (Phi) is 9.58. The van der Waals surface area contributed by atoms with Crippen molar-refractivity contribution in [1.29, 1.82) is 0 Å². The molecule has 2 aromatic rings. The normalized spacial score (nSPS) is 11.0. The molecule has 0 saturated carbocycles. The molecule has 0 fully saturated rings. The summed E-state index contributed by atoms with van der Waals surface area (Å²) in [7, 11) is 0. The minimum atomic E-state index is -0.316. The Bertz CT molecular complexity index is 772. The van der Waals surface area contributed by atoms with Gasteiger partial charge in [0.1, 0.15) is 11.6 Å². The van der Waals surface area contributed by atoms with Crippen molar-refractivity contribution in [2.75, 3.05) is 13.1 Å². The Balaban J connectivity index is 2.12. The van der Waals surface area contributed by atoms with Crippen LogP contribution in [0.1, 0.15) is 57.8 Å². The molecule has 0 unspecified atom stereocenters. The predicted molar refractivity (Wildman–Crippen MR) is 115 cm³/mol. The van der Waals surface area contributed by atoms with Gasteiger partial charge in [-0.2, -0.15) is 0 Å². The van der Waals surface area contributed by atoms with Crippen LogP contribution in [0, 0.1) is 11.7 Å². The number of carbonyl (C=O) groups excluding carboxylic acids is 2. The Morgan fingerprint density at radius 2 is 1.73 bits per heavy atom. The summed E-state index contributed by atoms with van der Waals surface area (Å²) in [6, 6.07) is 9.68. The fourth-order valence-corrected chi connectivity index (χ4v) is 3.28. The first-order valence-electron chi connectivity index (χ1n) is 10.7. The van der Waals surface area contributed by atoms with Gasteiger partial charge in [-0.25, -0.2) is 4.39 Å². The third-order valence-electron chi connectivity index (χ3n) is 4.82. The highest BCUT2D eigenvalue weighted by Gasteiger charge is 2.23. The molecule has 30 heavy (non-hydrogen) atoms. The van der Waals surface area contributed by atoms with Gasteiger partial charge in [0.15, 0.2) is 0 Å². The maximum atomic E-state index is 13.3. The number of unbranched alkanes of at least 4 members (excludes halogenated alkanes) is 2. The average molecular weight is 417 g/mol. The second kappa shape index (κ2) is 12.2. The summed E-state index contributed by atoms with van der Waals surface area (Å²) in [6.07, 6.45) is 4.92. The van der Waals surface area contributed by atoms with Gasteiger partial charge in [-0.3, -0.25) is 9.59 Å². The molecule has 1 aromatic heterocycles. The van der Waals surface area contributed by atoms with Gasteiger partial charge in [-0.15, -0.1) is 0 Å². The van der Waals surface area contributed by atoms with Gasteiger partial charge >= 0.3 is 0 Å². The SMILES string of the molecule is CCCCCC(=O)N(CC(=O)N(Cc1ccc(F)cc1)Cc1ccco1)CC(C)C. The minimum Gasteiger partial charge on any atom is -0.467 e. The number of amides is 2. The number of benzene rings is 1. The van der Waals surface area contributed by atoms with Gasteiger partial charge in [0, 0.05) is 19.5 Å². The van der Waals surface area contributed by atoms with Crippen LogP contribution in [0.4, 0.5) is 4.39 Å². The lowest BCUT2D eigenvalue weighted by Gasteiger charge is -2.28. The van der Waals surface area contributed by atoms with Crippen LogP contribution in [0.3, 0.4) is 0 Å². The van der Waals surface area contributed by atoms with Crippen molar-refractivity contribution in [3.8, 4) is 0 Å². The second-order valence-corrected chi connectivity index (χ2v) is 8.08. The Morgan fingerprint density at radius 1 is 1.00 bits per heavy atom. The summed E-state index contributed by atoms with van der Waals surface area (Å²) in [6.45, 7) is 7.36. The first-order valence-corrected chi connectivity index (χ1v) is 10.7. The van der Waals surface area contributed by atoms with E-state index in [0.29, 0.717) is 31.8 Å². The summed E-state index contributed by atoms with van der Waals surface area (Å²) in [5.41, 5.74) is 0.820. The van der Waals surface area contributed by atoms with E-state index in [1.54, 1.807) is 34.3 Å². The zero-order valence-corrected chi connectivity index (χ0v) is 18.3. The quantitative estimate of drug-likeness (QED) is 0.457. The Labute approximate surface area is 178 Å². The lowest BCUT2D eigenvalue weighted by Crippen LogP contribution is -2.43. The highest BCUT2D eigenvalue weighted by Crippen LogP contribution is 2.14. The maximum Gasteiger partial charge on any atom is 0.242 e. The summed E-state index contributed by atoms with van der Waals surface area (Å²) < 4.78 is 18.7. The molecule has 0 aliphatic heterocycles. The fraction of sp³-hybridized carbons (Fsp3) is 0.500. The molecule has 0 spiro atoms. The van der Waals surface area contributed by atoms with Gasteiger partial charge < -0.3 is 14.2 Å². The van der Waals surface area contributed by atoms with Crippen LogP contribution >= 0.6 is 0 Å². The lowest BCUT2D eigenvalue weighted by molar-refractivity contribution is -0.141. The van der Waals surface area contributed by atoms with E-state index in [2.05, 4.69) is 6.92 Å². The van der Waals surface area contributed by atoms with Crippen molar-refractivity contribution in [1.82, 2.24) is 9.80 Å². The van der Waals surface area contributed by atoms with Crippen LogP contribution in [-0.4, -0.2) is 34.7 Å². The van der Waals surface area contributed by atoms with Gasteiger partial charge in [0.25, 0.3) is 0 Å². The second-order valence-electron chi connectivity index (χ2n) is 8.08. The zero-order valence-electron chi connectivity index (χ0n) is 18.3. The number of nitrogens with zero attached hydrogens (tertiary/aromatic N) is 2. The summed E-state index contributed by atoms with van der Waals surface area (Å²) >= 11 is 0. The smallest absolute Gasteiger partial charge is 0.242 e. The molecule has 0 aliphatic carbocycles. The van der Waals surface area contributed by atoms with E-state index in [9.17, 15) is 14.0 Å². The zero-order chi connectivity index (χ0) is 21.9.